The van der Waals surface area contributed by atoms with E-state index in [0.717, 1.165) is 13.1 Å². The summed E-state index contributed by atoms with van der Waals surface area (Å²) in [5.41, 5.74) is 3.98. The summed E-state index contributed by atoms with van der Waals surface area (Å²) in [7, 11) is 2.15. The zero-order valence-electron chi connectivity index (χ0n) is 14.5. The Bertz CT molecular complexity index is 748. The van der Waals surface area contributed by atoms with Gasteiger partial charge in [-0.1, -0.05) is 91.0 Å². The van der Waals surface area contributed by atoms with Crippen molar-refractivity contribution in [3.8, 4) is 0 Å². The van der Waals surface area contributed by atoms with Crippen molar-refractivity contribution in [3.05, 3.63) is 108 Å². The smallest absolute Gasteiger partial charge is 0.131 e. The zero-order valence-corrected chi connectivity index (χ0v) is 14.5. The molecule has 4 rings (SSSR count). The second kappa shape index (κ2) is 7.19. The van der Waals surface area contributed by atoms with Crippen molar-refractivity contribution in [3.63, 3.8) is 0 Å². The van der Waals surface area contributed by atoms with E-state index in [1.54, 1.807) is 0 Å². The van der Waals surface area contributed by atoms with E-state index in [0.29, 0.717) is 6.17 Å². The van der Waals surface area contributed by atoms with Crippen molar-refractivity contribution in [2.75, 3.05) is 7.05 Å². The molecule has 0 spiro atoms. The summed E-state index contributed by atoms with van der Waals surface area (Å²) in [6.45, 7) is 1.78. The van der Waals surface area contributed by atoms with Crippen molar-refractivity contribution >= 4 is 0 Å². The minimum absolute atomic E-state index is 0.314. The number of nitrogens with zero attached hydrogens (tertiary/aromatic N) is 3. The van der Waals surface area contributed by atoms with E-state index in [1.807, 2.05) is 0 Å². The molecule has 1 aliphatic rings. The summed E-state index contributed by atoms with van der Waals surface area (Å²) in [6, 6.07) is 32.0. The maximum Gasteiger partial charge on any atom is 0.131 e. The second-order valence-corrected chi connectivity index (χ2v) is 6.47. The first kappa shape index (κ1) is 16.0. The van der Waals surface area contributed by atoms with Gasteiger partial charge in [-0.2, -0.15) is 0 Å². The number of benzene rings is 3. The largest absolute Gasteiger partial charge is 0.217 e. The summed E-state index contributed by atoms with van der Waals surface area (Å²) >= 11 is 0. The molecule has 3 aromatic rings. The molecule has 0 radical (unpaired) electrons. The number of rotatable bonds is 6. The lowest BCUT2D eigenvalue weighted by Gasteiger charge is -2.23. The van der Waals surface area contributed by atoms with E-state index < -0.39 is 0 Å². The Balaban J connectivity index is 1.57. The number of hydrogen-bond donors (Lipinski definition) is 0. The van der Waals surface area contributed by atoms with Crippen molar-refractivity contribution in [2.24, 2.45) is 0 Å². The van der Waals surface area contributed by atoms with Crippen LogP contribution in [0, 0.1) is 0 Å². The van der Waals surface area contributed by atoms with Gasteiger partial charge in [0.25, 0.3) is 0 Å². The monoisotopic (exact) mass is 329 g/mol. The van der Waals surface area contributed by atoms with E-state index in [2.05, 4.69) is 113 Å². The van der Waals surface area contributed by atoms with Gasteiger partial charge in [-0.15, -0.1) is 5.12 Å². The van der Waals surface area contributed by atoms with Gasteiger partial charge in [-0.25, -0.2) is 10.0 Å². The van der Waals surface area contributed by atoms with Crippen molar-refractivity contribution in [1.82, 2.24) is 15.1 Å². The van der Waals surface area contributed by atoms with Gasteiger partial charge in [0.05, 0.1) is 0 Å². The molecule has 1 fully saturated rings. The normalized spacial score (nSPS) is 22.1. The van der Waals surface area contributed by atoms with Crippen LogP contribution in [0.3, 0.4) is 0 Å². The van der Waals surface area contributed by atoms with Crippen LogP contribution in [0.2, 0.25) is 0 Å². The fourth-order valence-electron chi connectivity index (χ4n) is 3.36. The van der Waals surface area contributed by atoms with Crippen molar-refractivity contribution in [2.45, 2.75) is 19.3 Å². The molecule has 0 saturated carbocycles. The van der Waals surface area contributed by atoms with Crippen LogP contribution >= 0.6 is 0 Å². The predicted molar refractivity (Wildman–Crippen MR) is 101 cm³/mol. The van der Waals surface area contributed by atoms with Gasteiger partial charge in [0.2, 0.25) is 0 Å². The Labute approximate surface area is 149 Å². The van der Waals surface area contributed by atoms with Crippen LogP contribution in [0.25, 0.3) is 0 Å². The maximum atomic E-state index is 2.42. The molecule has 0 aliphatic carbocycles. The molecule has 3 nitrogen and oxygen atoms in total. The van der Waals surface area contributed by atoms with Crippen LogP contribution in [-0.4, -0.2) is 22.2 Å². The van der Waals surface area contributed by atoms with Gasteiger partial charge in [0.1, 0.15) is 6.17 Å². The fraction of sp³-hybridized carbons (Fsp3) is 0.182. The van der Waals surface area contributed by atoms with Crippen molar-refractivity contribution < 1.29 is 0 Å². The number of hydrazine groups is 2. The highest BCUT2D eigenvalue weighted by Gasteiger charge is 2.47. The molecule has 1 saturated heterocycles. The highest BCUT2D eigenvalue weighted by molar-refractivity contribution is 5.22. The predicted octanol–water partition coefficient (Wildman–Crippen LogP) is 4.47. The number of hydrogen-bond acceptors (Lipinski definition) is 3. The van der Waals surface area contributed by atoms with E-state index in [-0.39, 0.29) is 0 Å². The molecule has 0 bridgehead atoms. The summed E-state index contributed by atoms with van der Waals surface area (Å²) in [4.78, 5) is 0. The maximum absolute atomic E-state index is 2.42. The SMILES string of the molecule is CN1C(c2ccccc2)N1N(Cc1ccccc1)Cc1ccccc1. The third-order valence-corrected chi connectivity index (χ3v) is 4.64. The molecule has 3 heteroatoms. The molecule has 25 heavy (non-hydrogen) atoms. The van der Waals surface area contributed by atoms with E-state index in [4.69, 9.17) is 0 Å². The minimum atomic E-state index is 0.314. The van der Waals surface area contributed by atoms with E-state index in [1.165, 1.54) is 16.7 Å². The van der Waals surface area contributed by atoms with E-state index in [9.17, 15) is 0 Å². The van der Waals surface area contributed by atoms with Crippen LogP contribution in [0.5, 0.6) is 0 Å². The third kappa shape index (κ3) is 3.64. The molecule has 3 atom stereocenters. The van der Waals surface area contributed by atoms with Crippen LogP contribution in [0.15, 0.2) is 91.0 Å². The Morgan fingerprint density at radius 2 is 1.12 bits per heavy atom. The van der Waals surface area contributed by atoms with Gasteiger partial charge in [0.15, 0.2) is 0 Å². The quantitative estimate of drug-likeness (QED) is 0.618. The van der Waals surface area contributed by atoms with Crippen LogP contribution in [0.4, 0.5) is 0 Å². The molecule has 3 aromatic carbocycles. The second-order valence-electron chi connectivity index (χ2n) is 6.47. The van der Waals surface area contributed by atoms with Crippen LogP contribution < -0.4 is 0 Å². The van der Waals surface area contributed by atoms with Gasteiger partial charge in [0, 0.05) is 20.1 Å². The molecule has 126 valence electrons. The lowest BCUT2D eigenvalue weighted by Crippen LogP contribution is -2.30. The van der Waals surface area contributed by atoms with Crippen LogP contribution in [-0.2, 0) is 13.1 Å². The Morgan fingerprint density at radius 1 is 0.680 bits per heavy atom. The Hall–Kier alpha value is -2.46. The Kier molecular flexibility index (Phi) is 4.61. The average Bonchev–Trinajstić information content (AvgIpc) is 3.34. The lowest BCUT2D eigenvalue weighted by molar-refractivity contribution is 0.00173. The fourth-order valence-corrected chi connectivity index (χ4v) is 3.36. The Morgan fingerprint density at radius 3 is 1.60 bits per heavy atom. The highest BCUT2D eigenvalue weighted by atomic mass is 16.0. The van der Waals surface area contributed by atoms with Crippen LogP contribution in [0.1, 0.15) is 22.9 Å². The average molecular weight is 329 g/mol. The molecular weight excluding hydrogens is 306 g/mol. The molecule has 0 aromatic heterocycles. The summed E-state index contributed by atoms with van der Waals surface area (Å²) in [5, 5.41) is 7.07. The van der Waals surface area contributed by atoms with Gasteiger partial charge in [-0.3, -0.25) is 0 Å². The highest BCUT2D eigenvalue weighted by Crippen LogP contribution is 2.41. The summed E-state index contributed by atoms with van der Waals surface area (Å²) in [5.74, 6) is 0. The topological polar surface area (TPSA) is 9.26 Å². The molecular formula is C22H23N3. The molecule has 1 aliphatic heterocycles. The van der Waals surface area contributed by atoms with Gasteiger partial charge < -0.3 is 0 Å². The third-order valence-electron chi connectivity index (χ3n) is 4.64. The molecule has 3 unspecified atom stereocenters. The first-order valence-corrected chi connectivity index (χ1v) is 8.72. The summed E-state index contributed by atoms with van der Waals surface area (Å²) < 4.78 is 0. The molecule has 0 N–H and O–H groups in total. The zero-order chi connectivity index (χ0) is 17.1. The van der Waals surface area contributed by atoms with Crippen molar-refractivity contribution in [1.29, 1.82) is 0 Å². The van der Waals surface area contributed by atoms with E-state index >= 15 is 0 Å². The first-order chi connectivity index (χ1) is 12.3. The standard InChI is InChI=1S/C22H23N3/c1-23-22(21-15-9-4-10-16-21)25(23)24(17-19-11-5-2-6-12-19)18-20-13-7-3-8-14-20/h2-16,22H,17-18H2,1H3. The molecule has 1 heterocycles. The minimum Gasteiger partial charge on any atom is -0.217 e. The molecule has 0 amide bonds. The van der Waals surface area contributed by atoms with Gasteiger partial charge in [-0.05, 0) is 16.7 Å². The summed E-state index contributed by atoms with van der Waals surface area (Å²) in [6.07, 6.45) is 0.314. The first-order valence-electron chi connectivity index (χ1n) is 8.72. The lowest BCUT2D eigenvalue weighted by atomic mass is 10.2. The van der Waals surface area contributed by atoms with Gasteiger partial charge >= 0.3 is 0 Å².